The first-order valence-corrected chi connectivity index (χ1v) is 7.82. The van der Waals surface area contributed by atoms with E-state index in [0.717, 1.165) is 6.42 Å². The Morgan fingerprint density at radius 1 is 1.16 bits per heavy atom. The lowest BCUT2D eigenvalue weighted by atomic mass is 10.1. The van der Waals surface area contributed by atoms with Gasteiger partial charge in [0, 0.05) is 11.4 Å². The summed E-state index contributed by atoms with van der Waals surface area (Å²) in [5.74, 6) is -0.421. The number of benzene rings is 1. The summed E-state index contributed by atoms with van der Waals surface area (Å²) in [6.07, 6.45) is 4.36. The fourth-order valence-corrected chi connectivity index (χ4v) is 2.10. The topological polar surface area (TPSA) is 115 Å². The zero-order valence-electron chi connectivity index (χ0n) is 14.2. The maximum Gasteiger partial charge on any atom is 0.249 e. The molecule has 2 unspecified atom stereocenters. The number of carbonyl (C=O) groups excluding carboxylic acids is 2. The lowest BCUT2D eigenvalue weighted by molar-refractivity contribution is -0.119. The van der Waals surface area contributed by atoms with E-state index in [1.54, 1.807) is 31.2 Å². The molecule has 0 aliphatic heterocycles. The Kier molecular flexibility index (Phi) is 8.03. The van der Waals surface area contributed by atoms with Crippen molar-refractivity contribution in [3.8, 4) is 0 Å². The Labute approximate surface area is 152 Å². The van der Waals surface area contributed by atoms with E-state index in [1.165, 1.54) is 17.3 Å². The van der Waals surface area contributed by atoms with Crippen LogP contribution in [0.3, 0.4) is 0 Å². The Bertz CT molecular complexity index is 674. The minimum atomic E-state index is -0.516. The molecule has 0 bridgehead atoms. The van der Waals surface area contributed by atoms with Crippen molar-refractivity contribution in [1.29, 1.82) is 0 Å². The highest BCUT2D eigenvalue weighted by Gasteiger charge is 2.16. The minimum Gasteiger partial charge on any atom is -0.325 e. The predicted octanol–water partition coefficient (Wildman–Crippen LogP) is 1.97. The molecular weight excluding hydrogens is 344 g/mol. The first-order valence-electron chi connectivity index (χ1n) is 7.82. The van der Waals surface area contributed by atoms with Gasteiger partial charge in [-0.2, -0.15) is 5.10 Å². The number of aromatic nitrogens is 3. The van der Waals surface area contributed by atoms with Crippen molar-refractivity contribution in [3.05, 3.63) is 36.9 Å². The molecule has 25 heavy (non-hydrogen) atoms. The van der Waals surface area contributed by atoms with Crippen molar-refractivity contribution in [2.45, 2.75) is 38.8 Å². The van der Waals surface area contributed by atoms with E-state index < -0.39 is 12.1 Å². The van der Waals surface area contributed by atoms with Crippen LogP contribution in [-0.4, -0.2) is 32.6 Å². The maximum absolute atomic E-state index is 12.1. The molecule has 136 valence electrons. The molecule has 2 aromatic rings. The molecule has 0 aliphatic carbocycles. The van der Waals surface area contributed by atoms with Crippen LogP contribution in [0.15, 0.2) is 36.9 Å². The molecular formula is C16H23ClN6O2. The molecule has 0 saturated carbocycles. The summed E-state index contributed by atoms with van der Waals surface area (Å²) in [6, 6.07) is 5.87. The van der Waals surface area contributed by atoms with Crippen LogP contribution in [0.2, 0.25) is 0 Å². The van der Waals surface area contributed by atoms with Gasteiger partial charge in [0.1, 0.15) is 18.7 Å². The second-order valence-corrected chi connectivity index (χ2v) is 5.50. The van der Waals surface area contributed by atoms with Crippen LogP contribution in [0.1, 0.15) is 32.7 Å². The van der Waals surface area contributed by atoms with E-state index in [-0.39, 0.29) is 24.2 Å². The Hall–Kier alpha value is -2.45. The average molecular weight is 367 g/mol. The number of carbonyl (C=O) groups is 2. The van der Waals surface area contributed by atoms with Gasteiger partial charge in [-0.15, -0.1) is 12.4 Å². The van der Waals surface area contributed by atoms with Crippen molar-refractivity contribution in [3.63, 3.8) is 0 Å². The standard InChI is InChI=1S/C16H22N6O2.ClH/c1-3-4-14(17)16(24)21-13-7-5-12(6-8-13)20-15(23)11(2)22-10-18-9-19-22;/h5-11,14H,3-4,17H2,1-2H3,(H,20,23)(H,21,24);1H. The second-order valence-electron chi connectivity index (χ2n) is 5.50. The summed E-state index contributed by atoms with van der Waals surface area (Å²) in [5.41, 5.74) is 7.03. The molecule has 4 N–H and O–H groups in total. The van der Waals surface area contributed by atoms with E-state index >= 15 is 0 Å². The van der Waals surface area contributed by atoms with Gasteiger partial charge < -0.3 is 16.4 Å². The molecule has 1 aromatic carbocycles. The number of anilines is 2. The number of nitrogens with two attached hydrogens (primary N) is 1. The Morgan fingerprint density at radius 2 is 1.72 bits per heavy atom. The number of halogens is 1. The molecule has 2 amide bonds. The number of amides is 2. The van der Waals surface area contributed by atoms with Gasteiger partial charge in [-0.25, -0.2) is 9.67 Å². The van der Waals surface area contributed by atoms with E-state index in [2.05, 4.69) is 20.7 Å². The van der Waals surface area contributed by atoms with Gasteiger partial charge in [0.2, 0.25) is 11.8 Å². The molecule has 0 saturated heterocycles. The number of hydrogen-bond donors (Lipinski definition) is 3. The van der Waals surface area contributed by atoms with Gasteiger partial charge in [-0.1, -0.05) is 13.3 Å². The average Bonchev–Trinajstić information content (AvgIpc) is 3.10. The summed E-state index contributed by atoms with van der Waals surface area (Å²) in [5, 5.41) is 9.48. The summed E-state index contributed by atoms with van der Waals surface area (Å²) >= 11 is 0. The van der Waals surface area contributed by atoms with E-state index in [9.17, 15) is 9.59 Å². The van der Waals surface area contributed by atoms with E-state index in [4.69, 9.17) is 5.73 Å². The van der Waals surface area contributed by atoms with Gasteiger partial charge >= 0.3 is 0 Å². The summed E-state index contributed by atoms with van der Waals surface area (Å²) in [6.45, 7) is 3.71. The summed E-state index contributed by atoms with van der Waals surface area (Å²) in [7, 11) is 0. The molecule has 0 fully saturated rings. The van der Waals surface area contributed by atoms with Crippen LogP contribution in [-0.2, 0) is 9.59 Å². The van der Waals surface area contributed by atoms with Gasteiger partial charge in [0.05, 0.1) is 6.04 Å². The molecule has 0 spiro atoms. The van der Waals surface area contributed by atoms with Crippen LogP contribution in [0.4, 0.5) is 11.4 Å². The smallest absolute Gasteiger partial charge is 0.249 e. The van der Waals surface area contributed by atoms with Crippen molar-refractivity contribution < 1.29 is 9.59 Å². The number of nitrogens with zero attached hydrogens (tertiary/aromatic N) is 3. The first-order chi connectivity index (χ1) is 11.5. The fraction of sp³-hybridized carbons (Fsp3) is 0.375. The first kappa shape index (κ1) is 20.6. The van der Waals surface area contributed by atoms with Crippen LogP contribution >= 0.6 is 12.4 Å². The molecule has 2 rings (SSSR count). The quantitative estimate of drug-likeness (QED) is 0.692. The fourth-order valence-electron chi connectivity index (χ4n) is 2.10. The van der Waals surface area contributed by atoms with Gasteiger partial charge in [-0.3, -0.25) is 9.59 Å². The third kappa shape index (κ3) is 5.84. The Morgan fingerprint density at radius 3 is 2.20 bits per heavy atom. The summed E-state index contributed by atoms with van der Waals surface area (Å²) < 4.78 is 1.47. The third-order valence-electron chi connectivity index (χ3n) is 3.57. The highest BCUT2D eigenvalue weighted by Crippen LogP contribution is 2.15. The molecule has 9 heteroatoms. The van der Waals surface area contributed by atoms with Crippen molar-refractivity contribution in [2.24, 2.45) is 5.73 Å². The van der Waals surface area contributed by atoms with Gasteiger partial charge in [0.25, 0.3) is 0 Å². The van der Waals surface area contributed by atoms with Crippen LogP contribution in [0.25, 0.3) is 0 Å². The monoisotopic (exact) mass is 366 g/mol. The van der Waals surface area contributed by atoms with Crippen LogP contribution in [0, 0.1) is 0 Å². The van der Waals surface area contributed by atoms with Crippen LogP contribution in [0.5, 0.6) is 0 Å². The summed E-state index contributed by atoms with van der Waals surface area (Å²) in [4.78, 5) is 27.8. The van der Waals surface area contributed by atoms with E-state index in [0.29, 0.717) is 17.8 Å². The third-order valence-corrected chi connectivity index (χ3v) is 3.57. The van der Waals surface area contributed by atoms with Crippen molar-refractivity contribution in [2.75, 3.05) is 10.6 Å². The lowest BCUT2D eigenvalue weighted by Crippen LogP contribution is -2.35. The molecule has 0 radical (unpaired) electrons. The normalized spacial score (nSPS) is 12.6. The highest BCUT2D eigenvalue weighted by atomic mass is 35.5. The molecule has 0 aliphatic rings. The van der Waals surface area contributed by atoms with E-state index in [1.807, 2.05) is 6.92 Å². The van der Waals surface area contributed by atoms with Crippen molar-refractivity contribution >= 4 is 35.6 Å². The molecule has 1 heterocycles. The molecule has 8 nitrogen and oxygen atoms in total. The highest BCUT2D eigenvalue weighted by molar-refractivity contribution is 5.96. The van der Waals surface area contributed by atoms with Gasteiger partial charge in [0.15, 0.2) is 0 Å². The van der Waals surface area contributed by atoms with Crippen LogP contribution < -0.4 is 16.4 Å². The predicted molar refractivity (Wildman–Crippen MR) is 98.6 cm³/mol. The minimum absolute atomic E-state index is 0. The Balaban J connectivity index is 0.00000312. The number of rotatable bonds is 7. The number of nitrogens with one attached hydrogen (secondary N) is 2. The SMILES string of the molecule is CCCC(N)C(=O)Nc1ccc(NC(=O)C(C)n2cncn2)cc1.Cl. The zero-order chi connectivity index (χ0) is 17.5. The van der Waals surface area contributed by atoms with Gasteiger partial charge in [-0.05, 0) is 37.6 Å². The maximum atomic E-state index is 12.1. The largest absolute Gasteiger partial charge is 0.325 e. The van der Waals surface area contributed by atoms with Crippen molar-refractivity contribution in [1.82, 2.24) is 14.8 Å². The second kappa shape index (κ2) is 9.75. The molecule has 2 atom stereocenters. The lowest BCUT2D eigenvalue weighted by Gasteiger charge is -2.13. The zero-order valence-corrected chi connectivity index (χ0v) is 15.0. The molecule has 1 aromatic heterocycles. The number of hydrogen-bond acceptors (Lipinski definition) is 5.